The zero-order chi connectivity index (χ0) is 11.8. The highest BCUT2D eigenvalue weighted by Crippen LogP contribution is 2.03. The van der Waals surface area contributed by atoms with Crippen molar-refractivity contribution >= 4 is 0 Å². The lowest BCUT2D eigenvalue weighted by atomic mass is 10.3. The number of hydrogen-bond acceptors (Lipinski definition) is 4. The van der Waals surface area contributed by atoms with Gasteiger partial charge in [0.15, 0.2) is 0 Å². The summed E-state index contributed by atoms with van der Waals surface area (Å²) in [4.78, 5) is 0. The molecular formula is C8H20ClNO4. The fraction of sp³-hybridized carbons (Fsp3) is 1.00. The molecule has 0 atom stereocenters. The molecule has 0 bridgehead atoms. The van der Waals surface area contributed by atoms with Crippen LogP contribution >= 0.6 is 0 Å². The van der Waals surface area contributed by atoms with Crippen LogP contribution in [0.3, 0.4) is 0 Å². The van der Waals surface area contributed by atoms with Gasteiger partial charge in [-0.1, -0.05) is 0 Å². The first-order valence-electron chi connectivity index (χ1n) is 4.71. The van der Waals surface area contributed by atoms with Crippen LogP contribution in [0.1, 0.15) is 27.7 Å². The SMILES string of the molecule is CC[N+](CC)(CC)CC.[O-][Cl+3]([O-])([O-])[O-]. The van der Waals surface area contributed by atoms with Gasteiger partial charge in [-0.2, -0.15) is 0 Å². The molecule has 0 rings (SSSR count). The van der Waals surface area contributed by atoms with E-state index in [9.17, 15) is 0 Å². The molecule has 0 aromatic heterocycles. The maximum Gasteiger partial charge on any atom is 0.0757 e. The quantitative estimate of drug-likeness (QED) is 0.485. The molecule has 14 heavy (non-hydrogen) atoms. The lowest BCUT2D eigenvalue weighted by Gasteiger charge is -2.34. The number of quaternary nitrogens is 1. The first kappa shape index (κ1) is 16.5. The fourth-order valence-corrected chi connectivity index (χ4v) is 1.34. The van der Waals surface area contributed by atoms with Crippen LogP contribution in [0.25, 0.3) is 0 Å². The van der Waals surface area contributed by atoms with E-state index >= 15 is 0 Å². The summed E-state index contributed by atoms with van der Waals surface area (Å²) in [6.07, 6.45) is 0. The van der Waals surface area contributed by atoms with E-state index in [2.05, 4.69) is 27.7 Å². The Bertz CT molecular complexity index is 110. The smallest absolute Gasteiger partial charge is 0.0757 e. The third-order valence-corrected chi connectivity index (χ3v) is 2.68. The van der Waals surface area contributed by atoms with E-state index in [-0.39, 0.29) is 0 Å². The molecule has 5 nitrogen and oxygen atoms in total. The summed E-state index contributed by atoms with van der Waals surface area (Å²) in [7, 11) is -4.94. The van der Waals surface area contributed by atoms with Crippen molar-refractivity contribution in [1.82, 2.24) is 0 Å². The molecule has 0 aliphatic heterocycles. The minimum atomic E-state index is -4.94. The van der Waals surface area contributed by atoms with E-state index in [1.165, 1.54) is 30.7 Å². The molecule has 0 saturated carbocycles. The summed E-state index contributed by atoms with van der Waals surface area (Å²) in [6, 6.07) is 0. The summed E-state index contributed by atoms with van der Waals surface area (Å²) >= 11 is 0. The fourth-order valence-electron chi connectivity index (χ4n) is 1.34. The number of nitrogens with zero attached hydrogens (tertiary/aromatic N) is 1. The van der Waals surface area contributed by atoms with E-state index in [0.29, 0.717) is 0 Å². The Labute approximate surface area is 87.9 Å². The minimum Gasteiger partial charge on any atom is -0.325 e. The Morgan fingerprint density at radius 2 is 0.857 bits per heavy atom. The number of hydrogen-bond donors (Lipinski definition) is 0. The Hall–Kier alpha value is 0.0900. The third kappa shape index (κ3) is 10.2. The molecule has 6 heteroatoms. The highest BCUT2D eigenvalue weighted by Gasteiger charge is 2.16. The molecule has 0 aromatic carbocycles. The van der Waals surface area contributed by atoms with Gasteiger partial charge in [0.1, 0.15) is 0 Å². The lowest BCUT2D eigenvalue weighted by molar-refractivity contribution is -2.00. The van der Waals surface area contributed by atoms with Crippen molar-refractivity contribution in [2.45, 2.75) is 27.7 Å². The van der Waals surface area contributed by atoms with Gasteiger partial charge in [0.25, 0.3) is 0 Å². The molecule has 0 fully saturated rings. The van der Waals surface area contributed by atoms with Gasteiger partial charge in [-0.25, -0.2) is 18.6 Å². The van der Waals surface area contributed by atoms with Gasteiger partial charge in [0.2, 0.25) is 0 Å². The first-order valence-corrected chi connectivity index (χ1v) is 5.94. The maximum atomic E-state index is 8.49. The van der Waals surface area contributed by atoms with E-state index in [4.69, 9.17) is 18.6 Å². The zero-order valence-corrected chi connectivity index (χ0v) is 10.0. The van der Waals surface area contributed by atoms with Gasteiger partial charge in [-0.3, -0.25) is 0 Å². The van der Waals surface area contributed by atoms with Crippen LogP contribution in [0, 0.1) is 10.2 Å². The topological polar surface area (TPSA) is 92.2 Å². The molecule has 88 valence electrons. The van der Waals surface area contributed by atoms with Crippen molar-refractivity contribution in [3.05, 3.63) is 0 Å². The van der Waals surface area contributed by atoms with Crippen LogP contribution in [0.15, 0.2) is 0 Å². The van der Waals surface area contributed by atoms with Crippen molar-refractivity contribution in [2.75, 3.05) is 26.2 Å². The molecule has 0 aromatic rings. The molecule has 0 unspecified atom stereocenters. The van der Waals surface area contributed by atoms with E-state index in [1.54, 1.807) is 0 Å². The Kier molecular flexibility index (Phi) is 8.72. The summed E-state index contributed by atoms with van der Waals surface area (Å²) in [5.41, 5.74) is 0. The minimum absolute atomic E-state index is 1.28. The second kappa shape index (κ2) is 7.39. The van der Waals surface area contributed by atoms with Crippen molar-refractivity contribution < 1.29 is 33.4 Å². The predicted molar refractivity (Wildman–Crippen MR) is 42.4 cm³/mol. The summed E-state index contributed by atoms with van der Waals surface area (Å²) in [6.45, 7) is 14.2. The van der Waals surface area contributed by atoms with E-state index in [0.717, 1.165) is 0 Å². The van der Waals surface area contributed by atoms with Gasteiger partial charge in [0.05, 0.1) is 26.2 Å². The summed E-state index contributed by atoms with van der Waals surface area (Å²) in [5.74, 6) is 0. The van der Waals surface area contributed by atoms with Crippen LogP contribution in [0.4, 0.5) is 0 Å². The van der Waals surface area contributed by atoms with Crippen molar-refractivity contribution in [3.63, 3.8) is 0 Å². The number of halogens is 1. The first-order chi connectivity index (χ1) is 6.24. The van der Waals surface area contributed by atoms with E-state index < -0.39 is 10.2 Å². The van der Waals surface area contributed by atoms with Crippen molar-refractivity contribution in [3.8, 4) is 0 Å². The zero-order valence-electron chi connectivity index (χ0n) is 9.29. The largest absolute Gasteiger partial charge is 0.325 e. The molecule has 0 aliphatic rings. The second-order valence-electron chi connectivity index (χ2n) is 2.98. The Morgan fingerprint density at radius 3 is 0.857 bits per heavy atom. The lowest BCUT2D eigenvalue weighted by Crippen LogP contribution is -2.68. The number of rotatable bonds is 4. The molecule has 0 N–H and O–H groups in total. The predicted octanol–water partition coefficient (Wildman–Crippen LogP) is -2.87. The molecule has 0 saturated heterocycles. The molecule has 0 radical (unpaired) electrons. The highest BCUT2D eigenvalue weighted by atomic mass is 35.7. The Morgan fingerprint density at radius 1 is 0.714 bits per heavy atom. The summed E-state index contributed by atoms with van der Waals surface area (Å²) < 4.78 is 35.2. The van der Waals surface area contributed by atoms with Gasteiger partial charge in [-0.15, -0.1) is 10.2 Å². The standard InChI is InChI=1S/C8H20N.ClHO4/c1-5-9(6-2,7-3)8-4;2-1(3,4)5/h5-8H2,1-4H3;(H,2,3,4,5)/q+1;/p-1. The monoisotopic (exact) mass is 229 g/mol. The molecular weight excluding hydrogens is 210 g/mol. The normalized spacial score (nSPS) is 12.0. The average molecular weight is 230 g/mol. The highest BCUT2D eigenvalue weighted by molar-refractivity contribution is 4.31. The van der Waals surface area contributed by atoms with Crippen LogP contribution in [-0.4, -0.2) is 30.7 Å². The summed E-state index contributed by atoms with van der Waals surface area (Å²) in [5, 5.41) is 0. The second-order valence-corrected chi connectivity index (χ2v) is 3.74. The molecule has 0 aliphatic carbocycles. The van der Waals surface area contributed by atoms with Crippen LogP contribution in [0.2, 0.25) is 0 Å². The van der Waals surface area contributed by atoms with Crippen molar-refractivity contribution in [2.24, 2.45) is 0 Å². The van der Waals surface area contributed by atoms with Gasteiger partial charge >= 0.3 is 0 Å². The van der Waals surface area contributed by atoms with Gasteiger partial charge in [0, 0.05) is 0 Å². The van der Waals surface area contributed by atoms with Gasteiger partial charge in [-0.05, 0) is 27.7 Å². The van der Waals surface area contributed by atoms with Crippen LogP contribution in [-0.2, 0) is 0 Å². The molecule has 0 heterocycles. The van der Waals surface area contributed by atoms with Gasteiger partial charge < -0.3 is 4.48 Å². The Balaban J connectivity index is 0. The van der Waals surface area contributed by atoms with Crippen molar-refractivity contribution in [1.29, 1.82) is 0 Å². The van der Waals surface area contributed by atoms with Crippen LogP contribution in [0.5, 0.6) is 0 Å². The average Bonchev–Trinajstić information content (AvgIpc) is 2.07. The van der Waals surface area contributed by atoms with Crippen LogP contribution < -0.4 is 18.6 Å². The maximum absolute atomic E-state index is 8.49. The third-order valence-electron chi connectivity index (χ3n) is 2.68. The molecule has 0 amide bonds. The van der Waals surface area contributed by atoms with E-state index in [1.807, 2.05) is 0 Å². The molecule has 0 spiro atoms.